The minimum Gasteiger partial charge on any atom is -0.481 e. The molecule has 1 fully saturated rings. The van der Waals surface area contributed by atoms with Crippen LogP contribution < -0.4 is 0 Å². The number of pyridine rings is 1. The molecular weight excluding hydrogens is 313 g/mol. The maximum Gasteiger partial charge on any atom is 0.433 e. The molecule has 1 aliphatic heterocycles. The van der Waals surface area contributed by atoms with Crippen LogP contribution >= 0.6 is 0 Å². The quantitative estimate of drug-likeness (QED) is 0.921. The Bertz CT molecular complexity index is 616. The van der Waals surface area contributed by atoms with Crippen LogP contribution in [0.1, 0.15) is 41.0 Å². The predicted molar refractivity (Wildman–Crippen MR) is 74.9 cm³/mol. The second-order valence-corrected chi connectivity index (χ2v) is 5.67. The van der Waals surface area contributed by atoms with Crippen LogP contribution in [-0.4, -0.2) is 40.0 Å². The van der Waals surface area contributed by atoms with E-state index in [1.54, 1.807) is 4.90 Å². The van der Waals surface area contributed by atoms with E-state index in [1.165, 1.54) is 6.92 Å². The number of alkyl halides is 3. The van der Waals surface area contributed by atoms with Gasteiger partial charge in [-0.3, -0.25) is 9.59 Å². The summed E-state index contributed by atoms with van der Waals surface area (Å²) in [6, 6.07) is 1.95. The third-order valence-electron chi connectivity index (χ3n) is 3.95. The van der Waals surface area contributed by atoms with Crippen LogP contribution in [0.5, 0.6) is 0 Å². The van der Waals surface area contributed by atoms with Crippen molar-refractivity contribution < 1.29 is 27.9 Å². The summed E-state index contributed by atoms with van der Waals surface area (Å²) >= 11 is 0. The van der Waals surface area contributed by atoms with Gasteiger partial charge in [0.15, 0.2) is 0 Å². The first kappa shape index (κ1) is 17.2. The highest BCUT2D eigenvalue weighted by atomic mass is 19.4. The first-order chi connectivity index (χ1) is 10.7. The highest BCUT2D eigenvalue weighted by molar-refractivity contribution is 5.95. The van der Waals surface area contributed by atoms with Crippen molar-refractivity contribution in [3.05, 3.63) is 29.1 Å². The van der Waals surface area contributed by atoms with E-state index in [9.17, 15) is 22.8 Å². The SMILES string of the molecule is Cc1nc(C(F)(F)F)ccc1C(=O)N1CCC(CCC(=O)O)C1. The van der Waals surface area contributed by atoms with Gasteiger partial charge < -0.3 is 10.0 Å². The maximum atomic E-state index is 12.6. The summed E-state index contributed by atoms with van der Waals surface area (Å²) < 4.78 is 37.8. The van der Waals surface area contributed by atoms with E-state index in [0.29, 0.717) is 25.9 Å². The number of nitrogens with zero attached hydrogens (tertiary/aromatic N) is 2. The molecule has 1 aliphatic rings. The fourth-order valence-corrected chi connectivity index (χ4v) is 2.70. The van der Waals surface area contributed by atoms with Gasteiger partial charge in [0.25, 0.3) is 5.91 Å². The van der Waals surface area contributed by atoms with Gasteiger partial charge in [0.1, 0.15) is 5.69 Å². The number of aryl methyl sites for hydroxylation is 1. The van der Waals surface area contributed by atoms with Gasteiger partial charge in [-0.25, -0.2) is 4.98 Å². The number of carboxylic acid groups (broad SMARTS) is 1. The van der Waals surface area contributed by atoms with Crippen LogP contribution in [0.3, 0.4) is 0 Å². The lowest BCUT2D eigenvalue weighted by Crippen LogP contribution is -2.29. The van der Waals surface area contributed by atoms with Gasteiger partial charge in [0.05, 0.1) is 11.3 Å². The summed E-state index contributed by atoms with van der Waals surface area (Å²) in [7, 11) is 0. The highest BCUT2D eigenvalue weighted by Gasteiger charge is 2.34. The van der Waals surface area contributed by atoms with Crippen LogP contribution in [-0.2, 0) is 11.0 Å². The largest absolute Gasteiger partial charge is 0.481 e. The zero-order chi connectivity index (χ0) is 17.2. The molecule has 0 aliphatic carbocycles. The maximum absolute atomic E-state index is 12.6. The monoisotopic (exact) mass is 330 g/mol. The number of hydrogen-bond acceptors (Lipinski definition) is 3. The van der Waals surface area contributed by atoms with Crippen LogP contribution in [0.4, 0.5) is 13.2 Å². The Morgan fingerprint density at radius 1 is 1.39 bits per heavy atom. The Labute approximate surface area is 131 Å². The number of hydrogen-bond donors (Lipinski definition) is 1. The molecule has 1 aromatic rings. The molecule has 0 saturated carbocycles. The van der Waals surface area contributed by atoms with Crippen molar-refractivity contribution in [2.75, 3.05) is 13.1 Å². The van der Waals surface area contributed by atoms with Crippen LogP contribution in [0.25, 0.3) is 0 Å². The van der Waals surface area contributed by atoms with Crippen molar-refractivity contribution in [2.45, 2.75) is 32.4 Å². The van der Waals surface area contributed by atoms with E-state index in [1.807, 2.05) is 0 Å². The van der Waals surface area contributed by atoms with Crippen molar-refractivity contribution in [3.63, 3.8) is 0 Å². The van der Waals surface area contributed by atoms with E-state index >= 15 is 0 Å². The van der Waals surface area contributed by atoms with Gasteiger partial charge in [-0.2, -0.15) is 13.2 Å². The molecule has 1 amide bonds. The van der Waals surface area contributed by atoms with E-state index in [-0.39, 0.29) is 29.5 Å². The number of likely N-dealkylation sites (tertiary alicyclic amines) is 1. The average molecular weight is 330 g/mol. The molecule has 0 aromatic carbocycles. The summed E-state index contributed by atoms with van der Waals surface area (Å²) in [5.74, 6) is -1.13. The summed E-state index contributed by atoms with van der Waals surface area (Å²) in [5.41, 5.74) is -0.831. The Balaban J connectivity index is 2.05. The predicted octanol–water partition coefficient (Wildman–Crippen LogP) is 2.74. The molecule has 0 bridgehead atoms. The summed E-state index contributed by atoms with van der Waals surface area (Å²) in [6.07, 6.45) is -3.30. The van der Waals surface area contributed by atoms with Gasteiger partial charge >= 0.3 is 12.1 Å². The minimum absolute atomic E-state index is 0.0406. The lowest BCUT2D eigenvalue weighted by Gasteiger charge is -2.18. The summed E-state index contributed by atoms with van der Waals surface area (Å²) in [6.45, 7) is 2.27. The summed E-state index contributed by atoms with van der Waals surface area (Å²) in [4.78, 5) is 28.0. The van der Waals surface area contributed by atoms with Crippen LogP contribution in [0, 0.1) is 12.8 Å². The highest BCUT2D eigenvalue weighted by Crippen LogP contribution is 2.29. The zero-order valence-corrected chi connectivity index (χ0v) is 12.6. The minimum atomic E-state index is -4.54. The standard InChI is InChI=1S/C15H17F3N2O3/c1-9-11(3-4-12(19-9)15(16,17)18)14(23)20-7-6-10(8-20)2-5-13(21)22/h3-4,10H,2,5-8H2,1H3,(H,21,22). The Kier molecular flexibility index (Phi) is 4.91. The number of amides is 1. The van der Waals surface area contributed by atoms with Gasteiger partial charge in [0, 0.05) is 19.5 Å². The Hall–Kier alpha value is -2.12. The Morgan fingerprint density at radius 2 is 2.09 bits per heavy atom. The molecule has 1 atom stereocenters. The molecule has 1 unspecified atom stereocenters. The molecule has 0 radical (unpaired) electrons. The van der Waals surface area contributed by atoms with Crippen molar-refractivity contribution >= 4 is 11.9 Å². The van der Waals surface area contributed by atoms with E-state index < -0.39 is 17.8 Å². The molecule has 126 valence electrons. The first-order valence-electron chi connectivity index (χ1n) is 7.24. The number of halogens is 3. The fourth-order valence-electron chi connectivity index (χ4n) is 2.70. The zero-order valence-electron chi connectivity index (χ0n) is 12.6. The summed E-state index contributed by atoms with van der Waals surface area (Å²) in [5, 5.41) is 8.67. The lowest BCUT2D eigenvalue weighted by atomic mass is 10.0. The third kappa shape index (κ3) is 4.20. The van der Waals surface area contributed by atoms with Gasteiger partial charge in [-0.1, -0.05) is 0 Å². The number of aliphatic carboxylic acids is 1. The van der Waals surface area contributed by atoms with Crippen LogP contribution in [0.15, 0.2) is 12.1 Å². The van der Waals surface area contributed by atoms with Crippen molar-refractivity contribution in [2.24, 2.45) is 5.92 Å². The molecule has 2 rings (SSSR count). The van der Waals surface area contributed by atoms with Crippen molar-refractivity contribution in [1.82, 2.24) is 9.88 Å². The normalized spacial score (nSPS) is 18.3. The van der Waals surface area contributed by atoms with E-state index in [2.05, 4.69) is 4.98 Å². The molecule has 1 N–H and O–H groups in total. The number of aromatic nitrogens is 1. The van der Waals surface area contributed by atoms with Gasteiger partial charge in [-0.05, 0) is 37.8 Å². The molecule has 1 aromatic heterocycles. The number of rotatable bonds is 4. The smallest absolute Gasteiger partial charge is 0.433 e. The second-order valence-electron chi connectivity index (χ2n) is 5.67. The van der Waals surface area contributed by atoms with E-state index in [4.69, 9.17) is 5.11 Å². The van der Waals surface area contributed by atoms with E-state index in [0.717, 1.165) is 12.1 Å². The molecule has 1 saturated heterocycles. The average Bonchev–Trinajstić information content (AvgIpc) is 2.92. The third-order valence-corrected chi connectivity index (χ3v) is 3.95. The first-order valence-corrected chi connectivity index (χ1v) is 7.24. The molecule has 2 heterocycles. The van der Waals surface area contributed by atoms with Crippen LogP contribution in [0.2, 0.25) is 0 Å². The second kappa shape index (κ2) is 6.55. The van der Waals surface area contributed by atoms with Crippen molar-refractivity contribution in [1.29, 1.82) is 0 Å². The Morgan fingerprint density at radius 3 is 2.65 bits per heavy atom. The van der Waals surface area contributed by atoms with Crippen molar-refractivity contribution in [3.8, 4) is 0 Å². The molecule has 8 heteroatoms. The number of carboxylic acids is 1. The lowest BCUT2D eigenvalue weighted by molar-refractivity contribution is -0.141. The molecule has 0 spiro atoms. The fraction of sp³-hybridized carbons (Fsp3) is 0.533. The number of carbonyl (C=O) groups excluding carboxylic acids is 1. The number of carbonyl (C=O) groups is 2. The molecular formula is C15H17F3N2O3. The molecule has 23 heavy (non-hydrogen) atoms. The molecule has 5 nitrogen and oxygen atoms in total. The van der Waals surface area contributed by atoms with Gasteiger partial charge in [-0.15, -0.1) is 0 Å². The topological polar surface area (TPSA) is 70.5 Å². The van der Waals surface area contributed by atoms with Gasteiger partial charge in [0.2, 0.25) is 0 Å².